The van der Waals surface area contributed by atoms with Crippen molar-refractivity contribution in [3.05, 3.63) is 63.1 Å². The van der Waals surface area contributed by atoms with Crippen LogP contribution >= 0.6 is 23.2 Å². The van der Waals surface area contributed by atoms with E-state index in [1.807, 2.05) is 13.0 Å². The Hall–Kier alpha value is -1.84. The molecule has 0 unspecified atom stereocenters. The normalized spacial score (nSPS) is 13.8. The molecule has 0 aliphatic carbocycles. The molecule has 1 amide bonds. The summed E-state index contributed by atoms with van der Waals surface area (Å²) in [5, 5.41) is 1.05. The van der Waals surface area contributed by atoms with E-state index in [4.69, 9.17) is 23.2 Å². The second-order valence-corrected chi connectivity index (χ2v) is 5.77. The minimum absolute atomic E-state index is 0.224. The van der Waals surface area contributed by atoms with Gasteiger partial charge in [-0.25, -0.2) is 0 Å². The Kier molecular flexibility index (Phi) is 3.47. The molecule has 0 fully saturated rings. The molecule has 0 saturated carbocycles. The number of anilines is 1. The largest absolute Gasteiger partial charge is 0.300 e. The summed E-state index contributed by atoms with van der Waals surface area (Å²) in [5.74, 6) is -1.01. The van der Waals surface area contributed by atoms with Gasteiger partial charge >= 0.3 is 0 Å². The van der Waals surface area contributed by atoms with Crippen LogP contribution in [0.5, 0.6) is 0 Å². The third-order valence-corrected chi connectivity index (χ3v) is 4.13. The molecule has 106 valence electrons. The van der Waals surface area contributed by atoms with Crippen LogP contribution in [0.3, 0.4) is 0 Å². The molecule has 1 aliphatic heterocycles. The Labute approximate surface area is 132 Å². The number of hydrogen-bond donors (Lipinski definition) is 0. The topological polar surface area (TPSA) is 37.4 Å². The predicted molar refractivity (Wildman–Crippen MR) is 83.2 cm³/mol. The highest BCUT2D eigenvalue weighted by Crippen LogP contribution is 2.34. The van der Waals surface area contributed by atoms with E-state index in [0.29, 0.717) is 26.9 Å². The van der Waals surface area contributed by atoms with E-state index >= 15 is 0 Å². The van der Waals surface area contributed by atoms with E-state index in [9.17, 15) is 9.59 Å². The molecule has 0 aromatic heterocycles. The van der Waals surface area contributed by atoms with Crippen LogP contribution in [0.1, 0.15) is 21.5 Å². The molecule has 0 atom stereocenters. The van der Waals surface area contributed by atoms with Crippen molar-refractivity contribution >= 4 is 40.6 Å². The van der Waals surface area contributed by atoms with Gasteiger partial charge in [-0.2, -0.15) is 0 Å². The molecule has 21 heavy (non-hydrogen) atoms. The molecule has 3 rings (SSSR count). The van der Waals surface area contributed by atoms with Gasteiger partial charge in [-0.3, -0.25) is 9.59 Å². The number of rotatable bonds is 2. The van der Waals surface area contributed by atoms with Crippen molar-refractivity contribution in [1.82, 2.24) is 0 Å². The maximum Gasteiger partial charge on any atom is 0.299 e. The maximum absolute atomic E-state index is 12.2. The van der Waals surface area contributed by atoms with Gasteiger partial charge < -0.3 is 4.90 Å². The lowest BCUT2D eigenvalue weighted by molar-refractivity contribution is -0.114. The Morgan fingerprint density at radius 2 is 1.86 bits per heavy atom. The average Bonchev–Trinajstić information content (AvgIpc) is 2.69. The van der Waals surface area contributed by atoms with E-state index < -0.39 is 11.7 Å². The highest BCUT2D eigenvalue weighted by atomic mass is 35.5. The summed E-state index contributed by atoms with van der Waals surface area (Å²) in [4.78, 5) is 25.7. The summed E-state index contributed by atoms with van der Waals surface area (Å²) >= 11 is 12.1. The van der Waals surface area contributed by atoms with Gasteiger partial charge in [0.15, 0.2) is 0 Å². The van der Waals surface area contributed by atoms with Crippen molar-refractivity contribution in [2.24, 2.45) is 0 Å². The van der Waals surface area contributed by atoms with Crippen molar-refractivity contribution in [2.45, 2.75) is 13.5 Å². The summed E-state index contributed by atoms with van der Waals surface area (Å²) in [6.07, 6.45) is 0. The number of carbonyl (C=O) groups excluding carboxylic acids is 2. The smallest absolute Gasteiger partial charge is 0.299 e. The number of amides is 1. The first kappa shape index (κ1) is 14.1. The number of hydrogen-bond acceptors (Lipinski definition) is 2. The Morgan fingerprint density at radius 1 is 1.10 bits per heavy atom. The van der Waals surface area contributed by atoms with Gasteiger partial charge in [-0.15, -0.1) is 0 Å². The molecule has 0 radical (unpaired) electrons. The highest BCUT2D eigenvalue weighted by molar-refractivity contribution is 6.52. The quantitative estimate of drug-likeness (QED) is 0.784. The molecule has 0 spiro atoms. The number of fused-ring (bicyclic) bond motifs is 1. The molecule has 5 heteroatoms. The molecule has 1 heterocycles. The van der Waals surface area contributed by atoms with Gasteiger partial charge in [0.2, 0.25) is 0 Å². The zero-order valence-electron chi connectivity index (χ0n) is 11.2. The molecular weight excluding hydrogens is 309 g/mol. The summed E-state index contributed by atoms with van der Waals surface area (Å²) in [7, 11) is 0. The number of Topliss-reactive ketones (excluding diaryl/α,β-unsaturated/α-hetero) is 1. The molecule has 2 aromatic rings. The highest BCUT2D eigenvalue weighted by Gasteiger charge is 2.36. The fourth-order valence-corrected chi connectivity index (χ4v) is 2.90. The SMILES string of the molecule is Cc1cccc2c1N(Cc1cc(Cl)ccc1Cl)C(=O)C2=O. The predicted octanol–water partition coefficient (Wildman–Crippen LogP) is 4.03. The Balaban J connectivity index is 2.06. The van der Waals surface area contributed by atoms with Crippen molar-refractivity contribution in [3.8, 4) is 0 Å². The fourth-order valence-electron chi connectivity index (χ4n) is 2.53. The minimum atomic E-state index is -0.532. The molecule has 0 bridgehead atoms. The van der Waals surface area contributed by atoms with E-state index in [1.54, 1.807) is 30.3 Å². The second-order valence-electron chi connectivity index (χ2n) is 4.93. The zero-order valence-corrected chi connectivity index (χ0v) is 12.7. The van der Waals surface area contributed by atoms with E-state index in [-0.39, 0.29) is 6.54 Å². The Morgan fingerprint density at radius 3 is 2.62 bits per heavy atom. The minimum Gasteiger partial charge on any atom is -0.300 e. The average molecular weight is 320 g/mol. The number of nitrogens with zero attached hydrogens (tertiary/aromatic N) is 1. The first-order valence-corrected chi connectivity index (χ1v) is 7.14. The summed E-state index contributed by atoms with van der Waals surface area (Å²) in [6, 6.07) is 10.4. The van der Waals surface area contributed by atoms with Gasteiger partial charge in [0, 0.05) is 10.0 Å². The number of aryl methyl sites for hydroxylation is 1. The van der Waals surface area contributed by atoms with Crippen molar-refractivity contribution < 1.29 is 9.59 Å². The third kappa shape index (κ3) is 2.33. The van der Waals surface area contributed by atoms with Crippen LogP contribution in [0, 0.1) is 6.92 Å². The van der Waals surface area contributed by atoms with Gasteiger partial charge in [0.25, 0.3) is 11.7 Å². The van der Waals surface area contributed by atoms with Crippen LogP contribution in [0.2, 0.25) is 10.0 Å². The van der Waals surface area contributed by atoms with E-state index in [1.165, 1.54) is 4.90 Å². The Bertz CT molecular complexity index is 771. The molecule has 0 N–H and O–H groups in total. The lowest BCUT2D eigenvalue weighted by atomic mass is 10.1. The molecule has 2 aromatic carbocycles. The van der Waals surface area contributed by atoms with E-state index in [2.05, 4.69) is 0 Å². The zero-order chi connectivity index (χ0) is 15.1. The van der Waals surface area contributed by atoms with Gasteiger partial charge in [0.1, 0.15) is 0 Å². The van der Waals surface area contributed by atoms with Crippen LogP contribution in [-0.2, 0) is 11.3 Å². The summed E-state index contributed by atoms with van der Waals surface area (Å²) < 4.78 is 0. The molecular formula is C16H11Cl2NO2. The van der Waals surface area contributed by atoms with Crippen LogP contribution < -0.4 is 4.90 Å². The van der Waals surface area contributed by atoms with Gasteiger partial charge in [-0.05, 0) is 42.3 Å². The molecule has 1 aliphatic rings. The number of carbonyl (C=O) groups is 2. The number of benzene rings is 2. The summed E-state index contributed by atoms with van der Waals surface area (Å²) in [6.45, 7) is 2.10. The van der Waals surface area contributed by atoms with Crippen molar-refractivity contribution in [3.63, 3.8) is 0 Å². The third-order valence-electron chi connectivity index (χ3n) is 3.53. The first-order chi connectivity index (χ1) is 9.99. The number of para-hydroxylation sites is 1. The van der Waals surface area contributed by atoms with Crippen LogP contribution in [0.4, 0.5) is 5.69 Å². The monoisotopic (exact) mass is 319 g/mol. The first-order valence-electron chi connectivity index (χ1n) is 6.39. The summed E-state index contributed by atoms with van der Waals surface area (Å²) in [5.41, 5.74) is 2.69. The van der Waals surface area contributed by atoms with Gasteiger partial charge in [-0.1, -0.05) is 35.3 Å². The number of halogens is 2. The lowest BCUT2D eigenvalue weighted by Gasteiger charge is -2.19. The van der Waals surface area contributed by atoms with E-state index in [0.717, 1.165) is 5.56 Å². The fraction of sp³-hybridized carbons (Fsp3) is 0.125. The van der Waals surface area contributed by atoms with Crippen molar-refractivity contribution in [2.75, 3.05) is 4.90 Å². The lowest BCUT2D eigenvalue weighted by Crippen LogP contribution is -2.29. The van der Waals surface area contributed by atoms with Crippen LogP contribution in [-0.4, -0.2) is 11.7 Å². The second kappa shape index (κ2) is 5.17. The number of ketones is 1. The molecule has 0 saturated heterocycles. The maximum atomic E-state index is 12.2. The van der Waals surface area contributed by atoms with Crippen LogP contribution in [0.25, 0.3) is 0 Å². The van der Waals surface area contributed by atoms with Gasteiger partial charge in [0.05, 0.1) is 17.8 Å². The van der Waals surface area contributed by atoms with Crippen molar-refractivity contribution in [1.29, 1.82) is 0 Å². The standard InChI is InChI=1S/C16H11Cl2NO2/c1-9-3-2-4-12-14(9)19(16(21)15(12)20)8-10-7-11(17)5-6-13(10)18/h2-7H,8H2,1H3. The van der Waals surface area contributed by atoms with Crippen LogP contribution in [0.15, 0.2) is 36.4 Å². The molecule has 3 nitrogen and oxygen atoms in total.